The Kier molecular flexibility index (Phi) is 3.52. The number of hydrogen-bond acceptors (Lipinski definition) is 5. The fraction of sp³-hybridized carbons (Fsp3) is 0.182. The molecule has 2 heterocycles. The fourth-order valence-electron chi connectivity index (χ4n) is 1.32. The largest absolute Gasteiger partial charge is 0.475 e. The molecular weight excluding hydrogens is 256 g/mol. The maximum absolute atomic E-state index is 11.1. The molecular formula is C11H10N2O4S. The highest BCUT2D eigenvalue weighted by Gasteiger charge is 2.15. The number of carboxylic acid groups (broad SMARTS) is 1. The van der Waals surface area contributed by atoms with Gasteiger partial charge in [-0.2, -0.15) is 0 Å². The lowest BCUT2D eigenvalue weighted by atomic mass is 10.3. The molecule has 0 aliphatic carbocycles. The second kappa shape index (κ2) is 5.09. The number of aromatic carboxylic acids is 1. The molecule has 2 aromatic rings. The Morgan fingerprint density at radius 1 is 1.50 bits per heavy atom. The summed E-state index contributed by atoms with van der Waals surface area (Å²) in [5.41, 5.74) is -0.231. The van der Waals surface area contributed by atoms with Crippen molar-refractivity contribution in [2.45, 2.75) is 17.3 Å². The number of furan rings is 1. The van der Waals surface area contributed by atoms with Gasteiger partial charge in [0.1, 0.15) is 5.76 Å². The Labute approximate surface area is 106 Å². The van der Waals surface area contributed by atoms with Gasteiger partial charge in [-0.05, 0) is 19.1 Å². The predicted octanol–water partition coefficient (Wildman–Crippen LogP) is 1.91. The van der Waals surface area contributed by atoms with E-state index in [1.54, 1.807) is 6.07 Å². The minimum Gasteiger partial charge on any atom is -0.475 e. The highest BCUT2D eigenvalue weighted by molar-refractivity contribution is 7.99. The minimum absolute atomic E-state index is 0.105. The monoisotopic (exact) mass is 266 g/mol. The van der Waals surface area contributed by atoms with E-state index in [4.69, 9.17) is 9.52 Å². The van der Waals surface area contributed by atoms with E-state index in [1.807, 2.05) is 6.92 Å². The van der Waals surface area contributed by atoms with Crippen LogP contribution in [0.2, 0.25) is 0 Å². The molecule has 0 aromatic carbocycles. The molecule has 2 N–H and O–H groups in total. The van der Waals surface area contributed by atoms with Crippen molar-refractivity contribution >= 4 is 17.7 Å². The topological polar surface area (TPSA) is 96.2 Å². The average molecular weight is 266 g/mol. The van der Waals surface area contributed by atoms with E-state index < -0.39 is 5.97 Å². The van der Waals surface area contributed by atoms with E-state index in [1.165, 1.54) is 30.1 Å². The quantitative estimate of drug-likeness (QED) is 0.648. The zero-order valence-electron chi connectivity index (χ0n) is 9.41. The van der Waals surface area contributed by atoms with Crippen molar-refractivity contribution in [2.24, 2.45) is 0 Å². The van der Waals surface area contributed by atoms with Gasteiger partial charge in [0.2, 0.25) is 5.76 Å². The molecule has 0 saturated heterocycles. The van der Waals surface area contributed by atoms with Gasteiger partial charge in [0.05, 0.1) is 5.25 Å². The second-order valence-corrected chi connectivity index (χ2v) is 4.84. The number of hydrogen-bond donors (Lipinski definition) is 2. The summed E-state index contributed by atoms with van der Waals surface area (Å²) in [6.07, 6.45) is 1.42. The van der Waals surface area contributed by atoms with E-state index in [9.17, 15) is 9.59 Å². The third-order valence-corrected chi connectivity index (χ3v) is 3.19. The van der Waals surface area contributed by atoms with Crippen LogP contribution in [0.25, 0.3) is 0 Å². The van der Waals surface area contributed by atoms with Gasteiger partial charge in [-0.15, -0.1) is 0 Å². The van der Waals surface area contributed by atoms with Crippen LogP contribution < -0.4 is 5.56 Å². The summed E-state index contributed by atoms with van der Waals surface area (Å²) in [5, 5.41) is 9.06. The van der Waals surface area contributed by atoms with E-state index in [-0.39, 0.29) is 16.6 Å². The fourth-order valence-corrected chi connectivity index (χ4v) is 2.18. The number of H-pyrrole nitrogens is 1. The molecule has 0 spiro atoms. The first-order chi connectivity index (χ1) is 8.56. The molecule has 18 heavy (non-hydrogen) atoms. The summed E-state index contributed by atoms with van der Waals surface area (Å²) in [4.78, 5) is 28.3. The van der Waals surface area contributed by atoms with E-state index >= 15 is 0 Å². The zero-order chi connectivity index (χ0) is 13.1. The first kappa shape index (κ1) is 12.4. The van der Waals surface area contributed by atoms with Crippen LogP contribution in [0.4, 0.5) is 0 Å². The molecule has 2 rings (SSSR count). The van der Waals surface area contributed by atoms with Crippen LogP contribution in [0, 0.1) is 0 Å². The normalized spacial score (nSPS) is 12.3. The molecule has 0 aliphatic heterocycles. The molecule has 0 fully saturated rings. The predicted molar refractivity (Wildman–Crippen MR) is 64.8 cm³/mol. The van der Waals surface area contributed by atoms with Crippen LogP contribution in [0.5, 0.6) is 0 Å². The standard InChI is InChI=1S/C11H10N2O4S/c1-6(7-2-3-8(17-7)10(15)16)18-11-12-5-4-9(14)13-11/h2-6H,1H3,(H,15,16)(H,12,13,14). The van der Waals surface area contributed by atoms with Crippen LogP contribution in [-0.2, 0) is 0 Å². The van der Waals surface area contributed by atoms with Crippen molar-refractivity contribution in [2.75, 3.05) is 0 Å². The Morgan fingerprint density at radius 3 is 2.89 bits per heavy atom. The van der Waals surface area contributed by atoms with Crippen molar-refractivity contribution in [3.63, 3.8) is 0 Å². The van der Waals surface area contributed by atoms with Gasteiger partial charge in [-0.1, -0.05) is 11.8 Å². The van der Waals surface area contributed by atoms with Crippen molar-refractivity contribution in [1.82, 2.24) is 9.97 Å². The molecule has 6 nitrogen and oxygen atoms in total. The Hall–Kier alpha value is -2.02. The second-order valence-electron chi connectivity index (χ2n) is 3.51. The van der Waals surface area contributed by atoms with Gasteiger partial charge >= 0.3 is 5.97 Å². The molecule has 1 unspecified atom stereocenters. The van der Waals surface area contributed by atoms with E-state index in [0.717, 1.165) is 0 Å². The third kappa shape index (κ3) is 2.80. The molecule has 2 aromatic heterocycles. The van der Waals surface area contributed by atoms with Crippen LogP contribution in [0.15, 0.2) is 38.8 Å². The van der Waals surface area contributed by atoms with Gasteiger partial charge in [0.15, 0.2) is 5.16 Å². The number of aromatic amines is 1. The number of thioether (sulfide) groups is 1. The number of carbonyl (C=O) groups is 1. The molecule has 0 radical (unpaired) electrons. The number of aromatic nitrogens is 2. The summed E-state index contributed by atoms with van der Waals surface area (Å²) >= 11 is 1.28. The van der Waals surface area contributed by atoms with Gasteiger partial charge in [-0.25, -0.2) is 9.78 Å². The van der Waals surface area contributed by atoms with Crippen LogP contribution in [-0.4, -0.2) is 21.0 Å². The maximum Gasteiger partial charge on any atom is 0.371 e. The van der Waals surface area contributed by atoms with Crippen molar-refractivity contribution in [3.8, 4) is 0 Å². The number of nitrogens with one attached hydrogen (secondary N) is 1. The summed E-state index contributed by atoms with van der Waals surface area (Å²) < 4.78 is 5.17. The molecule has 0 aliphatic rings. The van der Waals surface area contributed by atoms with Crippen molar-refractivity contribution in [1.29, 1.82) is 0 Å². The van der Waals surface area contributed by atoms with Gasteiger partial charge in [0, 0.05) is 12.3 Å². The lowest BCUT2D eigenvalue weighted by Gasteiger charge is -2.06. The summed E-state index contributed by atoms with van der Waals surface area (Å²) in [7, 11) is 0. The Balaban J connectivity index is 2.14. The molecule has 0 amide bonds. The van der Waals surface area contributed by atoms with Crippen molar-refractivity contribution in [3.05, 3.63) is 46.3 Å². The highest BCUT2D eigenvalue weighted by Crippen LogP contribution is 2.32. The number of nitrogens with zero attached hydrogens (tertiary/aromatic N) is 1. The molecule has 0 saturated carbocycles. The average Bonchev–Trinajstić information content (AvgIpc) is 2.78. The number of carboxylic acids is 1. The summed E-state index contributed by atoms with van der Waals surface area (Å²) in [6, 6.07) is 4.32. The van der Waals surface area contributed by atoms with Crippen LogP contribution in [0.3, 0.4) is 0 Å². The first-order valence-electron chi connectivity index (χ1n) is 5.11. The molecule has 7 heteroatoms. The summed E-state index contributed by atoms with van der Waals surface area (Å²) in [6.45, 7) is 1.84. The Bertz CT molecular complexity index is 619. The van der Waals surface area contributed by atoms with E-state index in [0.29, 0.717) is 10.9 Å². The van der Waals surface area contributed by atoms with Crippen LogP contribution in [0.1, 0.15) is 28.5 Å². The zero-order valence-corrected chi connectivity index (χ0v) is 10.2. The molecule has 94 valence electrons. The lowest BCUT2D eigenvalue weighted by Crippen LogP contribution is -2.05. The number of rotatable bonds is 4. The minimum atomic E-state index is -1.11. The lowest BCUT2D eigenvalue weighted by molar-refractivity contribution is 0.0660. The van der Waals surface area contributed by atoms with Crippen LogP contribution >= 0.6 is 11.8 Å². The highest BCUT2D eigenvalue weighted by atomic mass is 32.2. The first-order valence-corrected chi connectivity index (χ1v) is 5.99. The van der Waals surface area contributed by atoms with Gasteiger partial charge < -0.3 is 14.5 Å². The molecule has 0 bridgehead atoms. The SMILES string of the molecule is CC(Sc1nccc(=O)[nH]1)c1ccc(C(=O)O)o1. The maximum atomic E-state index is 11.1. The Morgan fingerprint density at radius 2 is 2.28 bits per heavy atom. The van der Waals surface area contributed by atoms with Crippen molar-refractivity contribution < 1.29 is 14.3 Å². The van der Waals surface area contributed by atoms with E-state index in [2.05, 4.69) is 9.97 Å². The smallest absolute Gasteiger partial charge is 0.371 e. The molecule has 1 atom stereocenters. The summed E-state index contributed by atoms with van der Waals surface area (Å²) in [5.74, 6) is -0.694. The van der Waals surface area contributed by atoms with Gasteiger partial charge in [0.25, 0.3) is 5.56 Å². The third-order valence-electron chi connectivity index (χ3n) is 2.17. The van der Waals surface area contributed by atoms with Gasteiger partial charge in [-0.3, -0.25) is 4.79 Å².